The Kier molecular flexibility index (Phi) is 8.01. The van der Waals surface area contributed by atoms with Crippen molar-refractivity contribution in [3.8, 4) is 5.75 Å². The van der Waals surface area contributed by atoms with Crippen molar-refractivity contribution in [2.75, 3.05) is 7.11 Å². The van der Waals surface area contributed by atoms with Crippen LogP contribution < -0.4 is 10.1 Å². The quantitative estimate of drug-likeness (QED) is 0.314. The number of allylic oxidation sites excluding steroid dienone is 2. The Morgan fingerprint density at radius 2 is 1.77 bits per heavy atom. The van der Waals surface area contributed by atoms with Gasteiger partial charge in [-0.3, -0.25) is 19.8 Å². The number of alkyl halides is 3. The average molecular weight is 559 g/mol. The number of hydrogen-bond donors (Lipinski definition) is 2. The van der Waals surface area contributed by atoms with Gasteiger partial charge in [-0.1, -0.05) is 24.3 Å². The lowest BCUT2D eigenvalue weighted by atomic mass is 9.79. The Morgan fingerprint density at radius 3 is 2.38 bits per heavy atom. The molecule has 1 atom stereocenters. The Balaban J connectivity index is 1.70. The molecule has 4 rings (SSSR count). The zero-order chi connectivity index (χ0) is 29.4. The number of carbonyl (C=O) groups is 3. The first kappa shape index (κ1) is 29.2. The van der Waals surface area contributed by atoms with Gasteiger partial charge in [0.15, 0.2) is 11.6 Å². The highest BCUT2D eigenvalue weighted by molar-refractivity contribution is 6.47. The first-order valence-corrected chi connectivity index (χ1v) is 12.9. The fourth-order valence-electron chi connectivity index (χ4n) is 4.90. The molecule has 1 saturated carbocycles. The lowest BCUT2D eigenvalue weighted by Crippen LogP contribution is -2.41. The highest BCUT2D eigenvalue weighted by Gasteiger charge is 2.40. The molecule has 0 bridgehead atoms. The Hall–Kier alpha value is -3.82. The molecule has 2 aromatic carbocycles. The van der Waals surface area contributed by atoms with E-state index < -0.39 is 47.0 Å². The summed E-state index contributed by atoms with van der Waals surface area (Å²) in [7, 11) is 1.45. The number of methoxy groups -OCH3 is 1. The smallest absolute Gasteiger partial charge is 0.396 e. The summed E-state index contributed by atoms with van der Waals surface area (Å²) >= 11 is 0. The monoisotopic (exact) mass is 558 g/mol. The Bertz CT molecular complexity index is 1410. The summed E-state index contributed by atoms with van der Waals surface area (Å²) < 4.78 is 60.0. The van der Waals surface area contributed by atoms with Crippen molar-refractivity contribution in [1.82, 2.24) is 5.32 Å². The van der Waals surface area contributed by atoms with Gasteiger partial charge in [0.05, 0.1) is 18.4 Å². The predicted molar refractivity (Wildman–Crippen MR) is 140 cm³/mol. The number of Topliss-reactive ketones (excluding diaryl/α,β-unsaturated/α-hetero) is 2. The zero-order valence-electron chi connectivity index (χ0n) is 22.4. The van der Waals surface area contributed by atoms with Gasteiger partial charge >= 0.3 is 6.18 Å². The number of aryl methyl sites for hydroxylation is 1. The Morgan fingerprint density at radius 1 is 1.07 bits per heavy atom. The summed E-state index contributed by atoms with van der Waals surface area (Å²) in [5.74, 6) is -4.36. The molecule has 0 heterocycles. The normalized spacial score (nSPS) is 17.3. The van der Waals surface area contributed by atoms with Crippen LogP contribution in [0.5, 0.6) is 5.75 Å². The van der Waals surface area contributed by atoms with Crippen LogP contribution in [0.25, 0.3) is 0 Å². The summed E-state index contributed by atoms with van der Waals surface area (Å²) in [5.41, 5.74) is -1.38. The standard InChI is InChI=1S/C30H30F4N2O4/c1-29(2,28(39)36-18-8-9-18)22-12-7-17(14-23(22)31)26(35)27(38)25-20-11-10-19(40-3)13-16(20)5-4-6-21(25)24(37)15-30(32,33)34/h6-7,10-14,18,25,35H,4-5,8-9,15H2,1-3H3,(H,36,39). The van der Waals surface area contributed by atoms with Gasteiger partial charge in [0.2, 0.25) is 5.91 Å². The van der Waals surface area contributed by atoms with Crippen molar-refractivity contribution in [3.63, 3.8) is 0 Å². The van der Waals surface area contributed by atoms with Crippen LogP contribution in [0, 0.1) is 11.2 Å². The van der Waals surface area contributed by atoms with Crippen LogP contribution in [-0.2, 0) is 26.2 Å². The van der Waals surface area contributed by atoms with Crippen molar-refractivity contribution in [3.05, 3.63) is 76.1 Å². The van der Waals surface area contributed by atoms with Crippen LogP contribution in [0.4, 0.5) is 17.6 Å². The van der Waals surface area contributed by atoms with Gasteiger partial charge < -0.3 is 10.1 Å². The number of rotatable bonds is 9. The van der Waals surface area contributed by atoms with Crippen molar-refractivity contribution in [1.29, 1.82) is 5.41 Å². The molecule has 212 valence electrons. The van der Waals surface area contributed by atoms with E-state index in [4.69, 9.17) is 10.1 Å². The fourth-order valence-corrected chi connectivity index (χ4v) is 4.90. The second-order valence-corrected chi connectivity index (χ2v) is 10.7. The second-order valence-electron chi connectivity index (χ2n) is 10.7. The van der Waals surface area contributed by atoms with Crippen LogP contribution in [0.15, 0.2) is 48.0 Å². The van der Waals surface area contributed by atoms with Gasteiger partial charge in [0, 0.05) is 22.7 Å². The maximum Gasteiger partial charge on any atom is 0.396 e. The first-order chi connectivity index (χ1) is 18.7. The Labute approximate surface area is 229 Å². The molecule has 6 nitrogen and oxygen atoms in total. The lowest BCUT2D eigenvalue weighted by Gasteiger charge is -2.25. The van der Waals surface area contributed by atoms with E-state index in [0.717, 1.165) is 18.9 Å². The molecule has 2 aromatic rings. The van der Waals surface area contributed by atoms with E-state index in [9.17, 15) is 27.6 Å². The van der Waals surface area contributed by atoms with Crippen LogP contribution in [-0.4, -0.2) is 42.5 Å². The molecule has 1 fully saturated rings. The highest BCUT2D eigenvalue weighted by Crippen LogP contribution is 2.38. The molecule has 0 aliphatic heterocycles. The van der Waals surface area contributed by atoms with Gasteiger partial charge in [-0.15, -0.1) is 0 Å². The van der Waals surface area contributed by atoms with E-state index in [1.54, 1.807) is 19.9 Å². The zero-order valence-corrected chi connectivity index (χ0v) is 22.4. The number of ether oxygens (including phenoxy) is 1. The van der Waals surface area contributed by atoms with Gasteiger partial charge in [-0.05, 0) is 68.9 Å². The molecule has 0 radical (unpaired) electrons. The summed E-state index contributed by atoms with van der Waals surface area (Å²) in [6, 6.07) is 8.39. The number of carbonyl (C=O) groups excluding carboxylic acids is 3. The molecule has 0 aromatic heterocycles. The number of halogens is 4. The fraction of sp³-hybridized carbons (Fsp3) is 0.400. The van der Waals surface area contributed by atoms with E-state index in [1.807, 2.05) is 0 Å². The number of fused-ring (bicyclic) bond motifs is 1. The number of benzene rings is 2. The van der Waals surface area contributed by atoms with Crippen LogP contribution >= 0.6 is 0 Å². The first-order valence-electron chi connectivity index (χ1n) is 12.9. The molecule has 10 heteroatoms. The van der Waals surface area contributed by atoms with Crippen molar-refractivity contribution >= 4 is 23.2 Å². The van der Waals surface area contributed by atoms with Gasteiger partial charge in [0.25, 0.3) is 0 Å². The molecular formula is C30H30F4N2O4. The topological polar surface area (TPSA) is 96.3 Å². The molecule has 2 aliphatic rings. The number of ketones is 2. The van der Waals surface area contributed by atoms with Gasteiger partial charge in [0.1, 0.15) is 23.7 Å². The van der Waals surface area contributed by atoms with E-state index in [2.05, 4.69) is 5.32 Å². The number of hydrogen-bond acceptors (Lipinski definition) is 5. The third-order valence-corrected chi connectivity index (χ3v) is 7.35. The van der Waals surface area contributed by atoms with E-state index in [-0.39, 0.29) is 35.1 Å². The molecule has 2 N–H and O–H groups in total. The SMILES string of the molecule is COc1ccc2c(c1)CCC=C(C(=O)CC(F)(F)F)C2C(=O)C(=N)c1ccc(C(C)(C)C(=O)NC2CC2)c(F)c1. The number of amides is 1. The van der Waals surface area contributed by atoms with E-state index in [1.165, 1.54) is 37.5 Å². The van der Waals surface area contributed by atoms with Crippen LogP contribution in [0.2, 0.25) is 0 Å². The minimum absolute atomic E-state index is 0.0718. The minimum Gasteiger partial charge on any atom is -0.497 e. The third-order valence-electron chi connectivity index (χ3n) is 7.35. The maximum absolute atomic E-state index is 15.3. The summed E-state index contributed by atoms with van der Waals surface area (Å²) in [6.07, 6.45) is -2.94. The molecule has 1 unspecified atom stereocenters. The molecule has 0 saturated heterocycles. The lowest BCUT2D eigenvalue weighted by molar-refractivity contribution is -0.150. The van der Waals surface area contributed by atoms with Gasteiger partial charge in [-0.25, -0.2) is 4.39 Å². The summed E-state index contributed by atoms with van der Waals surface area (Å²) in [6.45, 7) is 3.14. The van der Waals surface area contributed by atoms with Crippen LogP contribution in [0.1, 0.15) is 67.7 Å². The van der Waals surface area contributed by atoms with Crippen LogP contribution in [0.3, 0.4) is 0 Å². The third kappa shape index (κ3) is 6.16. The van der Waals surface area contributed by atoms with Crippen molar-refractivity contribution < 1.29 is 36.7 Å². The highest BCUT2D eigenvalue weighted by atomic mass is 19.4. The number of nitrogens with one attached hydrogen (secondary N) is 2. The van der Waals surface area contributed by atoms with Gasteiger partial charge in [-0.2, -0.15) is 13.2 Å². The molecule has 40 heavy (non-hydrogen) atoms. The molecule has 1 amide bonds. The summed E-state index contributed by atoms with van der Waals surface area (Å²) in [4.78, 5) is 39.2. The molecule has 2 aliphatic carbocycles. The average Bonchev–Trinajstić information content (AvgIpc) is 3.72. The van der Waals surface area contributed by atoms with Crippen molar-refractivity contribution in [2.24, 2.45) is 0 Å². The van der Waals surface area contributed by atoms with Crippen molar-refractivity contribution in [2.45, 2.75) is 69.5 Å². The minimum atomic E-state index is -4.79. The maximum atomic E-state index is 15.3. The van der Waals surface area contributed by atoms with E-state index in [0.29, 0.717) is 23.3 Å². The largest absolute Gasteiger partial charge is 0.497 e. The second kappa shape index (κ2) is 11.0. The summed E-state index contributed by atoms with van der Waals surface area (Å²) in [5, 5.41) is 11.4. The van der Waals surface area contributed by atoms with E-state index >= 15 is 4.39 Å². The molecular weight excluding hydrogens is 528 g/mol. The predicted octanol–water partition coefficient (Wildman–Crippen LogP) is 5.51. The molecule has 0 spiro atoms.